The first-order chi connectivity index (χ1) is 5.83. The Labute approximate surface area is 116 Å². The molecule has 0 bridgehead atoms. The standard InChI is InChI=1S/2C3H7.2C2H5.2Al.2ClH/c2*1-3-2;2*1-2;;;;/h2*1,3H2,2H3;2*1H2,2H3;;;2*1H/q;;;;2*+1;;/p-2. The summed E-state index contributed by atoms with van der Waals surface area (Å²) in [6.45, 7) is 9.03. The minimum Gasteiger partial charge on any atom is -1.00 e. The molecule has 0 fully saturated rings. The fourth-order valence-electron chi connectivity index (χ4n) is 0.841. The summed E-state index contributed by atoms with van der Waals surface area (Å²) in [7, 11) is 0. The molecule has 0 amide bonds. The van der Waals surface area contributed by atoms with Crippen LogP contribution in [-0.2, 0) is 0 Å². The molecular formula is C10H24Al2Cl2. The van der Waals surface area contributed by atoms with Crippen molar-refractivity contribution >= 4 is 30.4 Å². The van der Waals surface area contributed by atoms with Crippen LogP contribution in [0.3, 0.4) is 0 Å². The maximum absolute atomic E-state index is 2.27. The normalized spacial score (nSPS) is 6.57. The molecule has 0 nitrogen and oxygen atoms in total. The van der Waals surface area contributed by atoms with Crippen molar-refractivity contribution in [2.45, 2.75) is 61.7 Å². The summed E-state index contributed by atoms with van der Waals surface area (Å²) in [4.78, 5) is 0. The first kappa shape index (κ1) is 24.7. The zero-order valence-corrected chi connectivity index (χ0v) is 14.0. The topological polar surface area (TPSA) is 0 Å². The molecule has 14 heavy (non-hydrogen) atoms. The predicted octanol–water partition coefficient (Wildman–Crippen LogP) is -2.08. The monoisotopic (exact) mass is 268 g/mol. The molecule has 0 aliphatic heterocycles. The van der Waals surface area contributed by atoms with Gasteiger partial charge in [0.2, 0.25) is 0 Å². The molecular weight excluding hydrogens is 245 g/mol. The van der Waals surface area contributed by atoms with Crippen molar-refractivity contribution in [3.8, 4) is 0 Å². The van der Waals surface area contributed by atoms with E-state index in [1.807, 2.05) is 0 Å². The van der Waals surface area contributed by atoms with Crippen LogP contribution in [0.1, 0.15) is 40.5 Å². The first-order valence-corrected chi connectivity index (χ1v) is 8.73. The Balaban J connectivity index is -0.0000000651. The second-order valence-electron chi connectivity index (χ2n) is 2.97. The molecule has 0 unspecified atom stereocenters. The van der Waals surface area contributed by atoms with E-state index in [9.17, 15) is 0 Å². The smallest absolute Gasteiger partial charge is 1.00 e. The van der Waals surface area contributed by atoms with Gasteiger partial charge in [-0.15, -0.1) is 0 Å². The number of rotatable bonds is 6. The van der Waals surface area contributed by atoms with E-state index in [0.29, 0.717) is 0 Å². The van der Waals surface area contributed by atoms with E-state index in [1.54, 1.807) is 0 Å². The van der Waals surface area contributed by atoms with E-state index >= 15 is 0 Å². The van der Waals surface area contributed by atoms with Crippen LogP contribution in [0.5, 0.6) is 0 Å². The molecule has 0 aliphatic rings. The van der Waals surface area contributed by atoms with Crippen molar-refractivity contribution in [2.75, 3.05) is 0 Å². The summed E-state index contributed by atoms with van der Waals surface area (Å²) in [5, 5.41) is 5.87. The van der Waals surface area contributed by atoms with Gasteiger partial charge in [0.15, 0.2) is 0 Å². The van der Waals surface area contributed by atoms with Gasteiger partial charge in [-0.25, -0.2) is 0 Å². The zero-order valence-electron chi connectivity index (χ0n) is 10.2. The van der Waals surface area contributed by atoms with Crippen LogP contribution in [0.15, 0.2) is 0 Å². The van der Waals surface area contributed by atoms with Crippen molar-refractivity contribution in [1.29, 1.82) is 0 Å². The molecule has 0 N–H and O–H groups in total. The Morgan fingerprint density at radius 3 is 1.14 bits per heavy atom. The predicted molar refractivity (Wildman–Crippen MR) is 62.7 cm³/mol. The summed E-state index contributed by atoms with van der Waals surface area (Å²) in [6.07, 6.45) is 2.80. The van der Waals surface area contributed by atoms with Crippen LogP contribution in [0, 0.1) is 0 Å². The Bertz CT molecular complexity index is 58.1. The number of halogens is 2. The van der Waals surface area contributed by atoms with Crippen molar-refractivity contribution in [3.63, 3.8) is 0 Å². The van der Waals surface area contributed by atoms with Gasteiger partial charge in [-0.05, 0) is 0 Å². The first-order valence-electron chi connectivity index (χ1n) is 5.46. The maximum atomic E-state index is 2.27. The van der Waals surface area contributed by atoms with Crippen LogP contribution in [0.2, 0.25) is 21.1 Å². The molecule has 0 spiro atoms. The van der Waals surface area contributed by atoms with Crippen LogP contribution in [0.4, 0.5) is 0 Å². The quantitative estimate of drug-likeness (QED) is 0.384. The van der Waals surface area contributed by atoms with Crippen molar-refractivity contribution in [2.24, 2.45) is 0 Å². The second-order valence-corrected chi connectivity index (χ2v) is 6.91. The van der Waals surface area contributed by atoms with Crippen LogP contribution in [0.25, 0.3) is 0 Å². The molecule has 0 heterocycles. The maximum Gasteiger partial charge on any atom is -1.00 e. The van der Waals surface area contributed by atoms with Crippen LogP contribution >= 0.6 is 0 Å². The Kier molecular flexibility index (Phi) is 51.8. The average molecular weight is 269 g/mol. The summed E-state index contributed by atoms with van der Waals surface area (Å²) < 4.78 is 0. The van der Waals surface area contributed by atoms with Gasteiger partial charge in [-0.2, -0.15) is 0 Å². The van der Waals surface area contributed by atoms with Gasteiger partial charge >= 0.3 is 92.1 Å². The summed E-state index contributed by atoms with van der Waals surface area (Å²) in [5.74, 6) is 0. The third-order valence-corrected chi connectivity index (χ3v) is 4.69. The SMILES string of the molecule is CC[CH2][Al+][CH2]CC.C[CH2][Al+][CH2]C.[Cl-].[Cl-]. The van der Waals surface area contributed by atoms with E-state index in [-0.39, 0.29) is 24.8 Å². The molecule has 4 heteroatoms. The Hall–Kier alpha value is 1.64. The average Bonchev–Trinajstić information content (AvgIpc) is 2.08. The number of hydrogen-bond donors (Lipinski definition) is 0. The molecule has 0 saturated carbocycles. The van der Waals surface area contributed by atoms with E-state index in [1.165, 1.54) is 34.0 Å². The van der Waals surface area contributed by atoms with Crippen molar-refractivity contribution in [3.05, 3.63) is 0 Å². The minimum atomic E-state index is 0. The molecule has 0 aromatic carbocycles. The molecule has 0 rings (SSSR count). The summed E-state index contributed by atoms with van der Waals surface area (Å²) in [5.41, 5.74) is 0. The van der Waals surface area contributed by atoms with Crippen LogP contribution < -0.4 is 24.8 Å². The Morgan fingerprint density at radius 2 is 1.00 bits per heavy atom. The molecule has 84 valence electrons. The van der Waals surface area contributed by atoms with Gasteiger partial charge in [-0.3, -0.25) is 0 Å². The molecule has 0 aliphatic carbocycles. The molecule has 0 aromatic heterocycles. The third-order valence-electron chi connectivity index (χ3n) is 1.56. The number of hydrogen-bond acceptors (Lipinski definition) is 0. The van der Waals surface area contributed by atoms with Gasteiger partial charge in [0.25, 0.3) is 0 Å². The van der Waals surface area contributed by atoms with Gasteiger partial charge in [0.1, 0.15) is 0 Å². The molecule has 0 saturated heterocycles. The fraction of sp³-hybridized carbons (Fsp3) is 1.00. The molecule has 0 aromatic rings. The van der Waals surface area contributed by atoms with E-state index in [2.05, 4.69) is 27.7 Å². The van der Waals surface area contributed by atoms with Crippen molar-refractivity contribution in [1.82, 2.24) is 0 Å². The Morgan fingerprint density at radius 1 is 0.643 bits per heavy atom. The third kappa shape index (κ3) is 37.3. The zero-order chi connectivity index (χ0) is 9.66. The minimum absolute atomic E-state index is 0. The fourth-order valence-corrected chi connectivity index (χ4v) is 2.52. The van der Waals surface area contributed by atoms with E-state index < -0.39 is 0 Å². The van der Waals surface area contributed by atoms with E-state index in [4.69, 9.17) is 0 Å². The second kappa shape index (κ2) is 29.3. The van der Waals surface area contributed by atoms with Crippen LogP contribution in [-0.4, -0.2) is 30.4 Å². The van der Waals surface area contributed by atoms with Gasteiger partial charge in [0, 0.05) is 0 Å². The van der Waals surface area contributed by atoms with E-state index in [0.717, 1.165) is 30.4 Å². The largest absolute Gasteiger partial charge is 1.00 e. The van der Waals surface area contributed by atoms with Gasteiger partial charge in [-0.1, -0.05) is 0 Å². The van der Waals surface area contributed by atoms with Crippen molar-refractivity contribution < 1.29 is 24.8 Å². The molecule has 0 atom stereocenters. The summed E-state index contributed by atoms with van der Waals surface area (Å²) >= 11 is 1.64. The van der Waals surface area contributed by atoms with Gasteiger partial charge in [0.05, 0.1) is 0 Å². The van der Waals surface area contributed by atoms with Gasteiger partial charge < -0.3 is 24.8 Å². The molecule has 0 radical (unpaired) electrons. The summed E-state index contributed by atoms with van der Waals surface area (Å²) in [6, 6.07) is 0.